The van der Waals surface area contributed by atoms with Gasteiger partial charge in [0.05, 0.1) is 4.47 Å². The molecule has 0 bridgehead atoms. The number of hydrogen-bond donors (Lipinski definition) is 0. The predicted octanol–water partition coefficient (Wildman–Crippen LogP) is 3.97. The molecule has 2 rings (SSSR count). The van der Waals surface area contributed by atoms with Crippen molar-refractivity contribution in [1.29, 1.82) is 0 Å². The standard InChI is InChI=1S/C12H9BrF3NO/c13-9-10(15)7(5-8(14)11(9)16)12(17-6-18)3-1-2-4-12/h5H,1-4H2. The zero-order valence-electron chi connectivity index (χ0n) is 9.27. The van der Waals surface area contributed by atoms with Crippen molar-refractivity contribution < 1.29 is 18.0 Å². The average Bonchev–Trinajstić information content (AvgIpc) is 2.81. The zero-order valence-corrected chi connectivity index (χ0v) is 10.9. The van der Waals surface area contributed by atoms with Crippen LogP contribution < -0.4 is 0 Å². The summed E-state index contributed by atoms with van der Waals surface area (Å²) in [5.74, 6) is -3.35. The molecule has 1 aliphatic rings. The van der Waals surface area contributed by atoms with Gasteiger partial charge in [-0.05, 0) is 34.8 Å². The van der Waals surface area contributed by atoms with E-state index in [1.165, 1.54) is 6.08 Å². The first-order valence-electron chi connectivity index (χ1n) is 5.44. The number of halogens is 4. The summed E-state index contributed by atoms with van der Waals surface area (Å²) in [6.45, 7) is 0. The van der Waals surface area contributed by atoms with Crippen LogP contribution in [0.1, 0.15) is 31.2 Å². The third-order valence-electron chi connectivity index (χ3n) is 3.29. The van der Waals surface area contributed by atoms with Crippen LogP contribution in [-0.2, 0) is 10.3 Å². The van der Waals surface area contributed by atoms with E-state index in [9.17, 15) is 18.0 Å². The van der Waals surface area contributed by atoms with E-state index in [0.29, 0.717) is 12.8 Å². The van der Waals surface area contributed by atoms with Crippen LogP contribution in [0.25, 0.3) is 0 Å². The van der Waals surface area contributed by atoms with E-state index in [-0.39, 0.29) is 5.56 Å². The molecule has 0 aromatic heterocycles. The van der Waals surface area contributed by atoms with Crippen LogP contribution in [0.5, 0.6) is 0 Å². The Bertz CT molecular complexity index is 535. The first-order valence-corrected chi connectivity index (χ1v) is 6.23. The number of isocyanates is 1. The van der Waals surface area contributed by atoms with Crippen molar-refractivity contribution in [2.24, 2.45) is 4.99 Å². The normalized spacial score (nSPS) is 17.6. The van der Waals surface area contributed by atoms with Crippen LogP contribution in [0, 0.1) is 17.5 Å². The van der Waals surface area contributed by atoms with Gasteiger partial charge in [0, 0.05) is 5.56 Å². The third-order valence-corrected chi connectivity index (χ3v) is 3.99. The molecule has 96 valence electrons. The Hall–Kier alpha value is -1.13. The molecule has 0 unspecified atom stereocenters. The second-order valence-electron chi connectivity index (χ2n) is 4.29. The van der Waals surface area contributed by atoms with Gasteiger partial charge in [0.15, 0.2) is 11.6 Å². The highest BCUT2D eigenvalue weighted by Crippen LogP contribution is 2.44. The van der Waals surface area contributed by atoms with Gasteiger partial charge >= 0.3 is 0 Å². The Balaban J connectivity index is 2.66. The summed E-state index contributed by atoms with van der Waals surface area (Å²) in [6.07, 6.45) is 3.76. The highest BCUT2D eigenvalue weighted by molar-refractivity contribution is 9.10. The van der Waals surface area contributed by atoms with Crippen molar-refractivity contribution in [3.05, 3.63) is 33.6 Å². The summed E-state index contributed by atoms with van der Waals surface area (Å²) >= 11 is 2.67. The molecule has 0 saturated heterocycles. The van der Waals surface area contributed by atoms with Gasteiger partial charge in [-0.15, -0.1) is 0 Å². The van der Waals surface area contributed by atoms with Gasteiger partial charge in [0.2, 0.25) is 6.08 Å². The van der Waals surface area contributed by atoms with Gasteiger partial charge in [0.25, 0.3) is 0 Å². The Morgan fingerprint density at radius 1 is 1.22 bits per heavy atom. The van der Waals surface area contributed by atoms with Crippen LogP contribution in [0.15, 0.2) is 15.5 Å². The lowest BCUT2D eigenvalue weighted by Crippen LogP contribution is -2.21. The minimum absolute atomic E-state index is 0.0888. The van der Waals surface area contributed by atoms with Crippen molar-refractivity contribution in [1.82, 2.24) is 0 Å². The molecule has 6 heteroatoms. The maximum absolute atomic E-state index is 14.0. The SMILES string of the molecule is O=C=NC1(c2cc(F)c(F)c(Br)c2F)CCCC1. The van der Waals surface area contributed by atoms with Crippen molar-refractivity contribution in [2.45, 2.75) is 31.2 Å². The number of rotatable bonds is 2. The maximum atomic E-state index is 14.0. The summed E-state index contributed by atoms with van der Waals surface area (Å²) in [4.78, 5) is 14.1. The van der Waals surface area contributed by atoms with Crippen molar-refractivity contribution in [2.75, 3.05) is 0 Å². The summed E-state index contributed by atoms with van der Waals surface area (Å²) in [6, 6.07) is 0.779. The van der Waals surface area contributed by atoms with E-state index in [4.69, 9.17) is 0 Å². The first-order chi connectivity index (χ1) is 8.52. The Morgan fingerprint density at radius 3 is 2.39 bits per heavy atom. The number of nitrogens with zero attached hydrogens (tertiary/aromatic N) is 1. The molecule has 2 nitrogen and oxygen atoms in total. The summed E-state index contributed by atoms with van der Waals surface area (Å²) in [5.41, 5.74) is -1.20. The number of aliphatic imine (C=N–C) groups is 1. The highest BCUT2D eigenvalue weighted by atomic mass is 79.9. The lowest BCUT2D eigenvalue weighted by Gasteiger charge is -2.24. The second-order valence-corrected chi connectivity index (χ2v) is 5.08. The van der Waals surface area contributed by atoms with Crippen LogP contribution in [-0.4, -0.2) is 6.08 Å². The minimum Gasteiger partial charge on any atom is -0.211 e. The quantitative estimate of drug-likeness (QED) is 0.351. The molecule has 1 aromatic carbocycles. The van der Waals surface area contributed by atoms with Gasteiger partial charge in [-0.1, -0.05) is 12.8 Å². The molecule has 1 aromatic rings. The summed E-state index contributed by atoms with van der Waals surface area (Å²) in [5, 5.41) is 0. The van der Waals surface area contributed by atoms with Crippen LogP contribution in [0.3, 0.4) is 0 Å². The molecular formula is C12H9BrF3NO. The largest absolute Gasteiger partial charge is 0.235 e. The van der Waals surface area contributed by atoms with Gasteiger partial charge in [-0.3, -0.25) is 0 Å². The molecule has 0 aliphatic heterocycles. The minimum atomic E-state index is -1.28. The van der Waals surface area contributed by atoms with E-state index in [2.05, 4.69) is 20.9 Å². The van der Waals surface area contributed by atoms with Crippen LogP contribution >= 0.6 is 15.9 Å². The molecule has 0 heterocycles. The monoisotopic (exact) mass is 319 g/mol. The van der Waals surface area contributed by atoms with Crippen molar-refractivity contribution in [3.8, 4) is 0 Å². The molecule has 1 aliphatic carbocycles. The van der Waals surface area contributed by atoms with E-state index in [1.54, 1.807) is 0 Å². The molecular weight excluding hydrogens is 311 g/mol. The fourth-order valence-corrected chi connectivity index (χ4v) is 2.80. The first kappa shape index (κ1) is 13.3. The molecule has 0 amide bonds. The van der Waals surface area contributed by atoms with Gasteiger partial charge in [0.1, 0.15) is 11.4 Å². The molecule has 1 fully saturated rings. The van der Waals surface area contributed by atoms with Gasteiger partial charge < -0.3 is 0 Å². The lowest BCUT2D eigenvalue weighted by atomic mass is 9.88. The number of hydrogen-bond acceptors (Lipinski definition) is 2. The number of benzene rings is 1. The Morgan fingerprint density at radius 2 is 1.83 bits per heavy atom. The van der Waals surface area contributed by atoms with E-state index < -0.39 is 27.5 Å². The highest BCUT2D eigenvalue weighted by Gasteiger charge is 2.39. The summed E-state index contributed by atoms with van der Waals surface area (Å²) in [7, 11) is 0. The van der Waals surface area contributed by atoms with Gasteiger partial charge in [-0.25, -0.2) is 18.0 Å². The fourth-order valence-electron chi connectivity index (χ4n) is 2.40. The van der Waals surface area contributed by atoms with Crippen LogP contribution in [0.4, 0.5) is 13.2 Å². The molecule has 0 spiro atoms. The lowest BCUT2D eigenvalue weighted by molar-refractivity contribution is 0.413. The Labute approximate surface area is 110 Å². The average molecular weight is 320 g/mol. The number of carbonyl (C=O) groups excluding carboxylic acids is 1. The second kappa shape index (κ2) is 4.86. The molecule has 1 saturated carbocycles. The van der Waals surface area contributed by atoms with E-state index in [1.807, 2.05) is 0 Å². The van der Waals surface area contributed by atoms with E-state index >= 15 is 0 Å². The third kappa shape index (κ3) is 1.99. The molecule has 0 radical (unpaired) electrons. The topological polar surface area (TPSA) is 29.4 Å². The predicted molar refractivity (Wildman–Crippen MR) is 62.3 cm³/mol. The van der Waals surface area contributed by atoms with Gasteiger partial charge in [-0.2, -0.15) is 4.99 Å². The fraction of sp³-hybridized carbons (Fsp3) is 0.417. The van der Waals surface area contributed by atoms with Crippen molar-refractivity contribution in [3.63, 3.8) is 0 Å². The zero-order chi connectivity index (χ0) is 13.3. The Kier molecular flexibility index (Phi) is 3.59. The van der Waals surface area contributed by atoms with Crippen LogP contribution in [0.2, 0.25) is 0 Å². The van der Waals surface area contributed by atoms with E-state index in [0.717, 1.165) is 18.9 Å². The molecule has 0 N–H and O–H groups in total. The van der Waals surface area contributed by atoms with Crippen molar-refractivity contribution >= 4 is 22.0 Å². The molecule has 18 heavy (non-hydrogen) atoms. The smallest absolute Gasteiger partial charge is 0.211 e. The maximum Gasteiger partial charge on any atom is 0.235 e. The summed E-state index contributed by atoms with van der Waals surface area (Å²) < 4.78 is 40.0. The molecule has 0 atom stereocenters.